The van der Waals surface area contributed by atoms with Gasteiger partial charge in [-0.3, -0.25) is 9.59 Å². The lowest BCUT2D eigenvalue weighted by molar-refractivity contribution is -0.892. The number of halogens is 1. The molecule has 26 heavy (non-hydrogen) atoms. The van der Waals surface area contributed by atoms with Gasteiger partial charge in [-0.2, -0.15) is 0 Å². The van der Waals surface area contributed by atoms with E-state index in [9.17, 15) is 9.59 Å². The molecule has 0 radical (unpaired) electrons. The molecular formula is C20H23ClN3O2+. The zero-order chi connectivity index (χ0) is 18.5. The van der Waals surface area contributed by atoms with Crippen LogP contribution in [0.5, 0.6) is 0 Å². The first-order valence-electron chi connectivity index (χ1n) is 8.76. The monoisotopic (exact) mass is 372 g/mol. The number of carbonyl (C=O) groups excluding carboxylic acids is 2. The quantitative estimate of drug-likeness (QED) is 0.788. The molecule has 6 heteroatoms. The van der Waals surface area contributed by atoms with Gasteiger partial charge in [-0.1, -0.05) is 11.6 Å². The van der Waals surface area contributed by atoms with E-state index >= 15 is 0 Å². The lowest BCUT2D eigenvalue weighted by atomic mass is 10.1. The minimum Gasteiger partial charge on any atom is -0.360 e. The molecule has 2 aromatic carbocycles. The third kappa shape index (κ3) is 4.84. The third-order valence-corrected chi connectivity index (χ3v) is 4.90. The van der Waals surface area contributed by atoms with Crippen molar-refractivity contribution in [1.29, 1.82) is 0 Å². The number of quaternary nitrogens is 1. The van der Waals surface area contributed by atoms with E-state index in [1.165, 1.54) is 4.90 Å². The molecule has 1 heterocycles. The maximum atomic E-state index is 12.2. The van der Waals surface area contributed by atoms with E-state index in [-0.39, 0.29) is 11.7 Å². The van der Waals surface area contributed by atoms with Crippen molar-refractivity contribution in [1.82, 2.24) is 0 Å². The normalized spacial score (nSPS) is 14.9. The highest BCUT2D eigenvalue weighted by Gasteiger charge is 2.22. The van der Waals surface area contributed by atoms with E-state index in [0.29, 0.717) is 11.6 Å². The van der Waals surface area contributed by atoms with E-state index in [2.05, 4.69) is 10.2 Å². The summed E-state index contributed by atoms with van der Waals surface area (Å²) >= 11 is 5.85. The number of rotatable bonds is 5. The molecule has 3 rings (SSSR count). The molecule has 136 valence electrons. The number of ketones is 1. The van der Waals surface area contributed by atoms with Crippen LogP contribution in [0.4, 0.5) is 11.4 Å². The Balaban J connectivity index is 1.48. The summed E-state index contributed by atoms with van der Waals surface area (Å²) in [7, 11) is 0. The van der Waals surface area contributed by atoms with Crippen molar-refractivity contribution >= 4 is 34.7 Å². The molecule has 0 saturated carbocycles. The molecule has 0 aromatic heterocycles. The molecule has 1 amide bonds. The topological polar surface area (TPSA) is 53.9 Å². The summed E-state index contributed by atoms with van der Waals surface area (Å²) in [5, 5.41) is 3.57. The predicted molar refractivity (Wildman–Crippen MR) is 104 cm³/mol. The van der Waals surface area contributed by atoms with Crippen LogP contribution in [-0.4, -0.2) is 44.4 Å². The van der Waals surface area contributed by atoms with Crippen molar-refractivity contribution in [3.63, 3.8) is 0 Å². The standard InChI is InChI=1S/C20H22ClN3O2/c1-15(25)16-2-8-19(9-3-16)24-12-10-23(11-13-24)14-20(26)22-18-6-4-17(21)5-7-18/h2-9H,10-14H2,1H3,(H,22,26)/p+1. The first-order valence-corrected chi connectivity index (χ1v) is 9.14. The molecule has 1 fully saturated rings. The number of amides is 1. The summed E-state index contributed by atoms with van der Waals surface area (Å²) in [5.74, 6) is 0.0964. The van der Waals surface area contributed by atoms with Crippen LogP contribution in [-0.2, 0) is 4.79 Å². The zero-order valence-corrected chi connectivity index (χ0v) is 15.6. The van der Waals surface area contributed by atoms with Gasteiger partial charge in [-0.15, -0.1) is 0 Å². The van der Waals surface area contributed by atoms with Crippen molar-refractivity contribution in [2.45, 2.75) is 6.92 Å². The largest absolute Gasteiger partial charge is 0.360 e. The molecule has 0 unspecified atom stereocenters. The smallest absolute Gasteiger partial charge is 0.279 e. The third-order valence-electron chi connectivity index (χ3n) is 4.65. The van der Waals surface area contributed by atoms with Gasteiger partial charge in [0.15, 0.2) is 12.3 Å². The number of hydrogen-bond acceptors (Lipinski definition) is 3. The molecule has 5 nitrogen and oxygen atoms in total. The molecular weight excluding hydrogens is 350 g/mol. The average molecular weight is 373 g/mol. The Morgan fingerprint density at radius 2 is 1.65 bits per heavy atom. The molecule has 0 bridgehead atoms. The van der Waals surface area contributed by atoms with Crippen LogP contribution in [0.3, 0.4) is 0 Å². The lowest BCUT2D eigenvalue weighted by Crippen LogP contribution is -3.15. The van der Waals surface area contributed by atoms with E-state index in [1.54, 1.807) is 31.2 Å². The molecule has 2 N–H and O–H groups in total. The Morgan fingerprint density at radius 1 is 1.04 bits per heavy atom. The Morgan fingerprint density at radius 3 is 2.23 bits per heavy atom. The Labute approximate surface area is 158 Å². The van der Waals surface area contributed by atoms with Gasteiger partial charge in [-0.25, -0.2) is 0 Å². The van der Waals surface area contributed by atoms with Crippen LogP contribution < -0.4 is 15.1 Å². The van der Waals surface area contributed by atoms with Crippen molar-refractivity contribution in [3.8, 4) is 0 Å². The second-order valence-corrected chi connectivity index (χ2v) is 7.01. The number of carbonyl (C=O) groups is 2. The summed E-state index contributed by atoms with van der Waals surface area (Å²) in [5.41, 5.74) is 2.62. The summed E-state index contributed by atoms with van der Waals surface area (Å²) in [4.78, 5) is 27.1. The number of benzene rings is 2. The second kappa shape index (κ2) is 8.34. The summed E-state index contributed by atoms with van der Waals surface area (Å²) in [6, 6.07) is 14.9. The predicted octanol–water partition coefficient (Wildman–Crippen LogP) is 1.89. The molecule has 0 atom stereocenters. The summed E-state index contributed by atoms with van der Waals surface area (Å²) in [6.07, 6.45) is 0. The fraction of sp³-hybridized carbons (Fsp3) is 0.300. The van der Waals surface area contributed by atoms with Gasteiger partial charge in [-0.05, 0) is 55.5 Å². The van der Waals surface area contributed by atoms with Crippen molar-refractivity contribution < 1.29 is 14.5 Å². The molecule has 1 aliphatic heterocycles. The number of nitrogens with zero attached hydrogens (tertiary/aromatic N) is 1. The number of Topliss-reactive ketones (excluding diaryl/α,β-unsaturated/α-hetero) is 1. The lowest BCUT2D eigenvalue weighted by Gasteiger charge is -2.33. The highest BCUT2D eigenvalue weighted by molar-refractivity contribution is 6.30. The van der Waals surface area contributed by atoms with Crippen LogP contribution in [0, 0.1) is 0 Å². The van der Waals surface area contributed by atoms with Crippen LogP contribution in [0.15, 0.2) is 48.5 Å². The van der Waals surface area contributed by atoms with Crippen LogP contribution in [0.25, 0.3) is 0 Å². The number of hydrogen-bond donors (Lipinski definition) is 2. The van der Waals surface area contributed by atoms with Crippen molar-refractivity contribution in [2.24, 2.45) is 0 Å². The Hall–Kier alpha value is -2.37. The van der Waals surface area contributed by atoms with E-state index in [4.69, 9.17) is 11.6 Å². The van der Waals surface area contributed by atoms with Gasteiger partial charge < -0.3 is 15.1 Å². The molecule has 2 aromatic rings. The molecule has 1 aliphatic rings. The van der Waals surface area contributed by atoms with Crippen LogP contribution >= 0.6 is 11.6 Å². The fourth-order valence-electron chi connectivity index (χ4n) is 3.13. The van der Waals surface area contributed by atoms with E-state index in [0.717, 1.165) is 43.1 Å². The minimum atomic E-state index is 0.0154. The van der Waals surface area contributed by atoms with Gasteiger partial charge in [0.05, 0.1) is 26.2 Å². The number of piperazine rings is 1. The molecule has 0 aliphatic carbocycles. The second-order valence-electron chi connectivity index (χ2n) is 6.57. The summed E-state index contributed by atoms with van der Waals surface area (Å²) in [6.45, 7) is 5.63. The SMILES string of the molecule is CC(=O)c1ccc(N2CC[NH+](CC(=O)Nc3ccc(Cl)cc3)CC2)cc1. The molecule has 1 saturated heterocycles. The van der Waals surface area contributed by atoms with Crippen LogP contribution in [0.1, 0.15) is 17.3 Å². The van der Waals surface area contributed by atoms with Gasteiger partial charge in [0.1, 0.15) is 0 Å². The van der Waals surface area contributed by atoms with E-state index in [1.807, 2.05) is 24.3 Å². The number of nitrogens with one attached hydrogen (secondary N) is 2. The fourth-order valence-corrected chi connectivity index (χ4v) is 3.26. The zero-order valence-electron chi connectivity index (χ0n) is 14.8. The van der Waals surface area contributed by atoms with Gasteiger partial charge in [0.2, 0.25) is 0 Å². The maximum absolute atomic E-state index is 12.2. The van der Waals surface area contributed by atoms with Crippen LogP contribution in [0.2, 0.25) is 5.02 Å². The first kappa shape index (κ1) is 18.4. The Bertz CT molecular complexity index is 767. The first-order chi connectivity index (χ1) is 12.5. The highest BCUT2D eigenvalue weighted by Crippen LogP contribution is 2.16. The number of anilines is 2. The Kier molecular flexibility index (Phi) is 5.91. The van der Waals surface area contributed by atoms with Gasteiger partial charge in [0.25, 0.3) is 5.91 Å². The van der Waals surface area contributed by atoms with Crippen molar-refractivity contribution in [3.05, 3.63) is 59.1 Å². The maximum Gasteiger partial charge on any atom is 0.279 e. The van der Waals surface area contributed by atoms with E-state index < -0.39 is 0 Å². The minimum absolute atomic E-state index is 0.0154. The van der Waals surface area contributed by atoms with Gasteiger partial charge in [0, 0.05) is 22.0 Å². The summed E-state index contributed by atoms with van der Waals surface area (Å²) < 4.78 is 0. The molecule has 0 spiro atoms. The van der Waals surface area contributed by atoms with Gasteiger partial charge >= 0.3 is 0 Å². The van der Waals surface area contributed by atoms with Crippen molar-refractivity contribution in [2.75, 3.05) is 42.9 Å². The highest BCUT2D eigenvalue weighted by atomic mass is 35.5. The average Bonchev–Trinajstić information content (AvgIpc) is 2.64.